The summed E-state index contributed by atoms with van der Waals surface area (Å²) < 4.78 is 20.7. The lowest BCUT2D eigenvalue weighted by Crippen LogP contribution is -2.41. The van der Waals surface area contributed by atoms with Gasteiger partial charge in [-0.2, -0.15) is 5.10 Å². The Morgan fingerprint density at radius 1 is 1.10 bits per heavy atom. The maximum atomic E-state index is 13.3. The molecule has 0 aliphatic carbocycles. The molecule has 2 aromatic heterocycles. The van der Waals surface area contributed by atoms with E-state index < -0.39 is 5.60 Å². The summed E-state index contributed by atoms with van der Waals surface area (Å²) in [5, 5.41) is 8.01. The average Bonchev–Trinajstić information content (AvgIpc) is 3.06. The Morgan fingerprint density at radius 3 is 2.47 bits per heavy atom. The number of amides is 1. The monoisotopic (exact) mass is 409 g/mol. The Morgan fingerprint density at radius 2 is 1.80 bits per heavy atom. The van der Waals surface area contributed by atoms with Gasteiger partial charge in [-0.15, -0.1) is 0 Å². The first-order valence-electron chi connectivity index (χ1n) is 9.81. The number of carbonyl (C=O) groups excluding carboxylic acids is 1. The average molecular weight is 409 g/mol. The number of nitrogens with zero attached hydrogens (tertiary/aromatic N) is 4. The maximum absolute atomic E-state index is 13.3. The molecule has 0 unspecified atom stereocenters. The van der Waals surface area contributed by atoms with Crippen LogP contribution in [0.5, 0.6) is 0 Å². The molecule has 8 heteroatoms. The summed E-state index contributed by atoms with van der Waals surface area (Å²) in [5.41, 5.74) is 2.89. The molecule has 156 valence electrons. The first-order chi connectivity index (χ1) is 14.3. The van der Waals surface area contributed by atoms with Crippen LogP contribution in [0.15, 0.2) is 48.8 Å². The summed E-state index contributed by atoms with van der Waals surface area (Å²) in [6.07, 6.45) is 3.09. The molecule has 7 nitrogen and oxygen atoms in total. The van der Waals surface area contributed by atoms with Gasteiger partial charge in [-0.25, -0.2) is 9.18 Å². The molecule has 0 bridgehead atoms. The van der Waals surface area contributed by atoms with Gasteiger partial charge in [-0.3, -0.25) is 9.67 Å². The second-order valence-corrected chi connectivity index (χ2v) is 8.16. The molecule has 1 aliphatic rings. The summed E-state index contributed by atoms with van der Waals surface area (Å²) in [5.74, 6) is 0.348. The van der Waals surface area contributed by atoms with E-state index in [-0.39, 0.29) is 11.9 Å². The maximum Gasteiger partial charge on any atom is 0.410 e. The SMILES string of the molecule is CC(C)(C)OC(=O)N1CCn2nc(Nc3ccc(F)cc3)c(-c3ccncc3)c2C1. The van der Waals surface area contributed by atoms with Crippen molar-refractivity contribution >= 4 is 17.6 Å². The van der Waals surface area contributed by atoms with E-state index in [9.17, 15) is 9.18 Å². The molecule has 1 N–H and O–H groups in total. The number of carbonyl (C=O) groups is 1. The molecule has 3 aromatic rings. The van der Waals surface area contributed by atoms with Crippen molar-refractivity contribution in [2.45, 2.75) is 39.5 Å². The Labute approximate surface area is 174 Å². The smallest absolute Gasteiger partial charge is 0.410 e. The first kappa shape index (κ1) is 19.9. The van der Waals surface area contributed by atoms with Crippen molar-refractivity contribution in [2.24, 2.45) is 0 Å². The highest BCUT2D eigenvalue weighted by atomic mass is 19.1. The second-order valence-electron chi connectivity index (χ2n) is 8.16. The van der Waals surface area contributed by atoms with E-state index in [0.29, 0.717) is 25.5 Å². The fraction of sp³-hybridized carbons (Fsp3) is 0.318. The molecule has 4 rings (SSSR count). The number of nitrogens with one attached hydrogen (secondary N) is 1. The predicted octanol–water partition coefficient (Wildman–Crippen LogP) is 4.58. The third-order valence-electron chi connectivity index (χ3n) is 4.71. The van der Waals surface area contributed by atoms with Gasteiger partial charge in [-0.1, -0.05) is 0 Å². The minimum absolute atomic E-state index is 0.299. The number of hydrogen-bond donors (Lipinski definition) is 1. The zero-order valence-electron chi connectivity index (χ0n) is 17.2. The lowest BCUT2D eigenvalue weighted by molar-refractivity contribution is 0.0195. The van der Waals surface area contributed by atoms with E-state index in [1.165, 1.54) is 12.1 Å². The summed E-state index contributed by atoms with van der Waals surface area (Å²) in [6.45, 7) is 7.00. The predicted molar refractivity (Wildman–Crippen MR) is 112 cm³/mol. The lowest BCUT2D eigenvalue weighted by Gasteiger charge is -2.30. The minimum atomic E-state index is -0.558. The van der Waals surface area contributed by atoms with E-state index in [0.717, 1.165) is 22.5 Å². The lowest BCUT2D eigenvalue weighted by atomic mass is 10.1. The summed E-state index contributed by atoms with van der Waals surface area (Å²) in [6, 6.07) is 9.93. The molecule has 0 spiro atoms. The number of ether oxygens (including phenoxy) is 1. The molecular formula is C22H24FN5O2. The third-order valence-corrected chi connectivity index (χ3v) is 4.71. The van der Waals surface area contributed by atoms with Gasteiger partial charge < -0.3 is 15.0 Å². The van der Waals surface area contributed by atoms with Gasteiger partial charge in [0.1, 0.15) is 11.4 Å². The summed E-state index contributed by atoms with van der Waals surface area (Å²) in [4.78, 5) is 18.4. The zero-order chi connectivity index (χ0) is 21.3. The number of anilines is 2. The van der Waals surface area contributed by atoms with E-state index in [1.807, 2.05) is 37.6 Å². The highest BCUT2D eigenvalue weighted by Gasteiger charge is 2.30. The number of fused-ring (bicyclic) bond motifs is 1. The van der Waals surface area contributed by atoms with Crippen LogP contribution in [0.4, 0.5) is 20.7 Å². The number of halogens is 1. The van der Waals surface area contributed by atoms with Crippen LogP contribution in [0.3, 0.4) is 0 Å². The Balaban J connectivity index is 1.70. The van der Waals surface area contributed by atoms with Crippen molar-refractivity contribution in [1.29, 1.82) is 0 Å². The zero-order valence-corrected chi connectivity index (χ0v) is 17.2. The van der Waals surface area contributed by atoms with Crippen molar-refractivity contribution in [3.05, 3.63) is 60.3 Å². The Bertz CT molecular complexity index is 1040. The minimum Gasteiger partial charge on any atom is -0.444 e. The number of aromatic nitrogens is 3. The summed E-state index contributed by atoms with van der Waals surface area (Å²) in [7, 11) is 0. The normalized spacial score (nSPS) is 13.7. The quantitative estimate of drug-likeness (QED) is 0.686. The number of rotatable bonds is 3. The van der Waals surface area contributed by atoms with Crippen molar-refractivity contribution in [2.75, 3.05) is 11.9 Å². The van der Waals surface area contributed by atoms with Crippen LogP contribution in [0.2, 0.25) is 0 Å². The fourth-order valence-corrected chi connectivity index (χ4v) is 3.38. The van der Waals surface area contributed by atoms with Gasteiger partial charge in [0.05, 0.1) is 18.8 Å². The van der Waals surface area contributed by atoms with E-state index in [4.69, 9.17) is 9.84 Å². The van der Waals surface area contributed by atoms with Crippen LogP contribution in [-0.2, 0) is 17.8 Å². The molecule has 0 fully saturated rings. The largest absolute Gasteiger partial charge is 0.444 e. The highest BCUT2D eigenvalue weighted by molar-refractivity contribution is 5.81. The molecule has 1 aromatic carbocycles. The number of benzene rings is 1. The van der Waals surface area contributed by atoms with Gasteiger partial charge in [0.25, 0.3) is 0 Å². The van der Waals surface area contributed by atoms with E-state index in [2.05, 4.69) is 10.3 Å². The van der Waals surface area contributed by atoms with Crippen molar-refractivity contribution < 1.29 is 13.9 Å². The van der Waals surface area contributed by atoms with Crippen LogP contribution >= 0.6 is 0 Å². The highest BCUT2D eigenvalue weighted by Crippen LogP contribution is 2.35. The molecule has 30 heavy (non-hydrogen) atoms. The molecule has 1 aliphatic heterocycles. The van der Waals surface area contributed by atoms with Gasteiger partial charge in [0, 0.05) is 30.2 Å². The second kappa shape index (κ2) is 7.78. The Hall–Kier alpha value is -3.42. The van der Waals surface area contributed by atoms with Crippen molar-refractivity contribution in [3.8, 4) is 11.1 Å². The number of hydrogen-bond acceptors (Lipinski definition) is 5. The van der Waals surface area contributed by atoms with Crippen molar-refractivity contribution in [1.82, 2.24) is 19.7 Å². The molecule has 3 heterocycles. The van der Waals surface area contributed by atoms with Gasteiger partial charge in [-0.05, 0) is 62.7 Å². The summed E-state index contributed by atoms with van der Waals surface area (Å²) >= 11 is 0. The standard InChI is InChI=1S/C22H24FN5O2/c1-22(2,3)30-21(29)27-12-13-28-18(14-27)19(15-8-10-24-11-9-15)20(26-28)25-17-6-4-16(23)5-7-17/h4-11H,12-14H2,1-3H3,(H,25,26). The molecule has 0 atom stereocenters. The third kappa shape index (κ3) is 4.27. The van der Waals surface area contributed by atoms with Crippen LogP contribution in [0, 0.1) is 5.82 Å². The van der Waals surface area contributed by atoms with E-state index in [1.54, 1.807) is 29.4 Å². The first-order valence-corrected chi connectivity index (χ1v) is 9.81. The van der Waals surface area contributed by atoms with Crippen LogP contribution in [0.1, 0.15) is 26.5 Å². The van der Waals surface area contributed by atoms with Gasteiger partial charge in [0.15, 0.2) is 5.82 Å². The van der Waals surface area contributed by atoms with Crippen molar-refractivity contribution in [3.63, 3.8) is 0 Å². The van der Waals surface area contributed by atoms with E-state index >= 15 is 0 Å². The topological polar surface area (TPSA) is 72.3 Å². The van der Waals surface area contributed by atoms with Crippen LogP contribution < -0.4 is 5.32 Å². The molecule has 0 saturated heterocycles. The molecule has 0 saturated carbocycles. The molecule has 0 radical (unpaired) electrons. The van der Waals surface area contributed by atoms with Gasteiger partial charge >= 0.3 is 6.09 Å². The van der Waals surface area contributed by atoms with Crippen LogP contribution in [0.25, 0.3) is 11.1 Å². The Kier molecular flexibility index (Phi) is 5.15. The van der Waals surface area contributed by atoms with Crippen LogP contribution in [-0.4, -0.2) is 37.9 Å². The number of pyridine rings is 1. The fourth-order valence-electron chi connectivity index (χ4n) is 3.38. The molecule has 1 amide bonds. The van der Waals surface area contributed by atoms with Gasteiger partial charge in [0.2, 0.25) is 0 Å². The molecular weight excluding hydrogens is 385 g/mol.